The van der Waals surface area contributed by atoms with Crippen LogP contribution in [0.2, 0.25) is 0 Å². The van der Waals surface area contributed by atoms with Crippen molar-refractivity contribution in [2.45, 2.75) is 39.1 Å². The molecule has 0 atom stereocenters. The lowest BCUT2D eigenvalue weighted by Gasteiger charge is -2.23. The van der Waals surface area contributed by atoms with Crippen LogP contribution in [0, 0.1) is 11.7 Å². The number of nitrogens with zero attached hydrogens (tertiary/aromatic N) is 1. The van der Waals surface area contributed by atoms with Crippen LogP contribution in [-0.4, -0.2) is 32.4 Å². The predicted octanol–water partition coefficient (Wildman–Crippen LogP) is 2.60. The summed E-state index contributed by atoms with van der Waals surface area (Å²) in [5.41, 5.74) is 0.762. The minimum atomic E-state index is -3.79. The molecule has 0 aromatic heterocycles. The summed E-state index contributed by atoms with van der Waals surface area (Å²) < 4.78 is 40.5. The van der Waals surface area contributed by atoms with Gasteiger partial charge < -0.3 is 5.32 Å². The van der Waals surface area contributed by atoms with Crippen molar-refractivity contribution >= 4 is 10.0 Å². The molecule has 1 aromatic rings. The summed E-state index contributed by atoms with van der Waals surface area (Å²) in [5, 5.41) is 3.11. The third kappa shape index (κ3) is 4.76. The molecule has 0 radical (unpaired) electrons. The van der Waals surface area contributed by atoms with E-state index in [0.717, 1.165) is 12.1 Å². The summed E-state index contributed by atoms with van der Waals surface area (Å²) in [5.74, 6) is -0.509. The van der Waals surface area contributed by atoms with Gasteiger partial charge in [0.15, 0.2) is 0 Å². The van der Waals surface area contributed by atoms with Gasteiger partial charge in [-0.05, 0) is 30.2 Å². The van der Waals surface area contributed by atoms with E-state index in [1.165, 1.54) is 16.4 Å². The Morgan fingerprint density at radius 2 is 1.95 bits per heavy atom. The highest BCUT2D eigenvalue weighted by molar-refractivity contribution is 7.89. The quantitative estimate of drug-likeness (QED) is 0.802. The lowest BCUT2D eigenvalue weighted by Crippen LogP contribution is -2.34. The first-order valence-electron chi connectivity index (χ1n) is 7.32. The van der Waals surface area contributed by atoms with Crippen LogP contribution in [-0.2, 0) is 16.6 Å². The normalized spacial score (nSPS) is 12.3. The van der Waals surface area contributed by atoms with Gasteiger partial charge in [0.2, 0.25) is 10.0 Å². The van der Waals surface area contributed by atoms with Crippen LogP contribution in [0.4, 0.5) is 4.39 Å². The summed E-state index contributed by atoms with van der Waals surface area (Å²) in [6, 6.07) is 4.26. The van der Waals surface area contributed by atoms with E-state index in [4.69, 9.17) is 0 Å². The molecule has 4 nitrogen and oxygen atoms in total. The summed E-state index contributed by atoms with van der Waals surface area (Å²) in [4.78, 5) is -0.236. The number of rotatable bonds is 8. The van der Waals surface area contributed by atoms with Crippen LogP contribution in [0.3, 0.4) is 0 Å². The highest BCUT2D eigenvalue weighted by Gasteiger charge is 2.27. The first-order valence-corrected chi connectivity index (χ1v) is 8.76. The number of nitrogens with one attached hydrogen (secondary N) is 1. The monoisotopic (exact) mass is 316 g/mol. The van der Waals surface area contributed by atoms with E-state index < -0.39 is 15.8 Å². The summed E-state index contributed by atoms with van der Waals surface area (Å²) >= 11 is 0. The molecule has 0 heterocycles. The molecule has 1 N–H and O–H groups in total. The standard InChI is InChI=1S/C15H25FN2O2S/c1-5-17-10-13-7-8-14(16)15(9-13)21(19,20)18(6-2)11-12(3)4/h7-9,12,17H,5-6,10-11H2,1-4H3. The zero-order valence-electron chi connectivity index (χ0n) is 13.2. The Kier molecular flexibility index (Phi) is 6.77. The Bertz CT molecular complexity index is 559. The second kappa shape index (κ2) is 7.87. The Hall–Kier alpha value is -0.980. The van der Waals surface area contributed by atoms with Gasteiger partial charge in [-0.3, -0.25) is 0 Å². The first kappa shape index (κ1) is 18.1. The highest BCUT2D eigenvalue weighted by atomic mass is 32.2. The van der Waals surface area contributed by atoms with E-state index in [1.807, 2.05) is 20.8 Å². The molecular formula is C15H25FN2O2S. The lowest BCUT2D eigenvalue weighted by atomic mass is 10.2. The third-order valence-electron chi connectivity index (χ3n) is 3.11. The molecule has 0 aliphatic heterocycles. The summed E-state index contributed by atoms with van der Waals surface area (Å²) in [6.45, 7) is 9.62. The Balaban J connectivity index is 3.16. The Morgan fingerprint density at radius 1 is 1.29 bits per heavy atom. The first-order chi connectivity index (χ1) is 9.82. The molecule has 6 heteroatoms. The topological polar surface area (TPSA) is 49.4 Å². The zero-order chi connectivity index (χ0) is 16.0. The minimum Gasteiger partial charge on any atom is -0.313 e. The molecule has 0 saturated heterocycles. The van der Waals surface area contributed by atoms with Gasteiger partial charge in [0.25, 0.3) is 0 Å². The molecule has 0 aliphatic carbocycles. The van der Waals surface area contributed by atoms with E-state index in [1.54, 1.807) is 13.0 Å². The number of halogens is 1. The van der Waals surface area contributed by atoms with E-state index in [-0.39, 0.29) is 10.8 Å². The molecule has 0 spiro atoms. The van der Waals surface area contributed by atoms with Crippen molar-refractivity contribution in [1.82, 2.24) is 9.62 Å². The van der Waals surface area contributed by atoms with Gasteiger partial charge >= 0.3 is 0 Å². The van der Waals surface area contributed by atoms with E-state index in [9.17, 15) is 12.8 Å². The summed E-state index contributed by atoms with van der Waals surface area (Å²) in [7, 11) is -3.79. The maximum atomic E-state index is 14.0. The van der Waals surface area contributed by atoms with Crippen molar-refractivity contribution in [2.24, 2.45) is 5.92 Å². The maximum Gasteiger partial charge on any atom is 0.245 e. The van der Waals surface area contributed by atoms with Crippen LogP contribution in [0.25, 0.3) is 0 Å². The van der Waals surface area contributed by atoms with Crippen LogP contribution < -0.4 is 5.32 Å². The molecule has 120 valence electrons. The van der Waals surface area contributed by atoms with Gasteiger partial charge in [-0.2, -0.15) is 4.31 Å². The number of hydrogen-bond acceptors (Lipinski definition) is 3. The van der Waals surface area contributed by atoms with E-state index >= 15 is 0 Å². The van der Waals surface area contributed by atoms with E-state index in [2.05, 4.69) is 5.32 Å². The smallest absolute Gasteiger partial charge is 0.245 e. The number of benzene rings is 1. The molecular weight excluding hydrogens is 291 g/mol. The van der Waals surface area contributed by atoms with E-state index in [0.29, 0.717) is 19.6 Å². The average Bonchev–Trinajstić information content (AvgIpc) is 2.43. The van der Waals surface area contributed by atoms with Gasteiger partial charge in [0.05, 0.1) is 0 Å². The molecule has 1 rings (SSSR count). The Morgan fingerprint density at radius 3 is 2.48 bits per heavy atom. The van der Waals surface area contributed by atoms with Crippen molar-refractivity contribution in [1.29, 1.82) is 0 Å². The molecule has 0 aliphatic rings. The molecule has 21 heavy (non-hydrogen) atoms. The third-order valence-corrected chi connectivity index (χ3v) is 5.07. The molecule has 0 unspecified atom stereocenters. The molecule has 0 amide bonds. The fourth-order valence-electron chi connectivity index (χ4n) is 2.07. The highest BCUT2D eigenvalue weighted by Crippen LogP contribution is 2.21. The van der Waals surface area contributed by atoms with Crippen molar-refractivity contribution in [3.63, 3.8) is 0 Å². The fraction of sp³-hybridized carbons (Fsp3) is 0.600. The molecule has 0 fully saturated rings. The Labute approximate surface area is 127 Å². The SMILES string of the molecule is CCNCc1ccc(F)c(S(=O)(=O)N(CC)CC(C)C)c1. The van der Waals surface area contributed by atoms with Gasteiger partial charge in [0, 0.05) is 19.6 Å². The lowest BCUT2D eigenvalue weighted by molar-refractivity contribution is 0.378. The molecule has 0 saturated carbocycles. The van der Waals surface area contributed by atoms with Crippen molar-refractivity contribution in [2.75, 3.05) is 19.6 Å². The van der Waals surface area contributed by atoms with Crippen LogP contribution >= 0.6 is 0 Å². The van der Waals surface area contributed by atoms with Crippen molar-refractivity contribution in [3.05, 3.63) is 29.6 Å². The average molecular weight is 316 g/mol. The summed E-state index contributed by atoms with van der Waals surface area (Å²) in [6.07, 6.45) is 0. The molecule has 0 bridgehead atoms. The largest absolute Gasteiger partial charge is 0.313 e. The van der Waals surface area contributed by atoms with Gasteiger partial charge in [0.1, 0.15) is 10.7 Å². The fourth-order valence-corrected chi connectivity index (χ4v) is 3.80. The predicted molar refractivity (Wildman–Crippen MR) is 83.1 cm³/mol. The van der Waals surface area contributed by atoms with Crippen LogP contribution in [0.1, 0.15) is 33.3 Å². The maximum absolute atomic E-state index is 14.0. The second-order valence-electron chi connectivity index (χ2n) is 5.39. The minimum absolute atomic E-state index is 0.188. The van der Waals surface area contributed by atoms with Gasteiger partial charge in [-0.15, -0.1) is 0 Å². The van der Waals surface area contributed by atoms with Crippen LogP contribution in [0.15, 0.2) is 23.1 Å². The second-order valence-corrected chi connectivity index (χ2v) is 7.30. The van der Waals surface area contributed by atoms with Gasteiger partial charge in [-0.1, -0.05) is 33.8 Å². The molecule has 1 aromatic carbocycles. The van der Waals surface area contributed by atoms with Crippen LogP contribution in [0.5, 0.6) is 0 Å². The zero-order valence-corrected chi connectivity index (χ0v) is 14.0. The van der Waals surface area contributed by atoms with Crippen molar-refractivity contribution < 1.29 is 12.8 Å². The van der Waals surface area contributed by atoms with Gasteiger partial charge in [-0.25, -0.2) is 12.8 Å². The van der Waals surface area contributed by atoms with Crippen molar-refractivity contribution in [3.8, 4) is 0 Å². The number of hydrogen-bond donors (Lipinski definition) is 1. The number of sulfonamides is 1.